The van der Waals surface area contributed by atoms with Crippen LogP contribution in [0.4, 0.5) is 10.5 Å². The molecule has 0 aliphatic heterocycles. The number of aliphatic hydroxyl groups excluding tert-OH is 1. The number of carbonyl (C=O) groups is 2. The zero-order valence-electron chi connectivity index (χ0n) is 18.2. The molecule has 0 unspecified atom stereocenters. The molecule has 0 fully saturated rings. The number of thiol groups is 1. The first-order valence-corrected chi connectivity index (χ1v) is 12.0. The summed E-state index contributed by atoms with van der Waals surface area (Å²) in [5.74, 6) is -0.0747. The predicted molar refractivity (Wildman–Crippen MR) is 129 cm³/mol. The molecule has 0 aliphatic carbocycles. The molecule has 9 heteroatoms. The van der Waals surface area contributed by atoms with Crippen LogP contribution in [0.25, 0.3) is 0 Å². The molecule has 2 rings (SSSR count). The van der Waals surface area contributed by atoms with E-state index in [-0.39, 0.29) is 31.5 Å². The maximum atomic E-state index is 12.7. The molecule has 0 spiro atoms. The van der Waals surface area contributed by atoms with Crippen molar-refractivity contribution in [3.8, 4) is 5.75 Å². The molecule has 0 saturated carbocycles. The van der Waals surface area contributed by atoms with E-state index in [1.165, 1.54) is 0 Å². The monoisotopic (exact) mass is 479 g/mol. The van der Waals surface area contributed by atoms with Crippen LogP contribution >= 0.6 is 24.4 Å². The lowest BCUT2D eigenvalue weighted by Crippen LogP contribution is -2.24. The normalized spacial score (nSPS) is 12.5. The number of hydrogen-bond donors (Lipinski definition) is 3. The number of aliphatic hydroxyl groups is 1. The summed E-state index contributed by atoms with van der Waals surface area (Å²) in [6.45, 7) is 2.06. The van der Waals surface area contributed by atoms with E-state index in [4.69, 9.17) is 19.3 Å². The van der Waals surface area contributed by atoms with Crippen molar-refractivity contribution in [3.63, 3.8) is 0 Å². The van der Waals surface area contributed by atoms with Crippen LogP contribution in [0.3, 0.4) is 0 Å². The first-order chi connectivity index (χ1) is 15.5. The molecule has 2 aromatic carbocycles. The molecule has 0 bridgehead atoms. The summed E-state index contributed by atoms with van der Waals surface area (Å²) in [7, 11) is 0. The van der Waals surface area contributed by atoms with Gasteiger partial charge >= 0.3 is 12.1 Å². The number of amides is 1. The van der Waals surface area contributed by atoms with Crippen molar-refractivity contribution in [2.75, 3.05) is 37.1 Å². The summed E-state index contributed by atoms with van der Waals surface area (Å²) < 4.78 is 16.6. The summed E-state index contributed by atoms with van der Waals surface area (Å²) in [6.07, 6.45) is 1.17. The molecule has 0 heterocycles. The largest absolute Gasteiger partial charge is 0.491 e. The zero-order valence-corrected chi connectivity index (χ0v) is 19.9. The van der Waals surface area contributed by atoms with Crippen LogP contribution in [-0.2, 0) is 14.3 Å². The van der Waals surface area contributed by atoms with E-state index in [9.17, 15) is 9.59 Å². The van der Waals surface area contributed by atoms with Crippen LogP contribution in [0.5, 0.6) is 5.75 Å². The second-order valence-electron chi connectivity index (χ2n) is 6.93. The smallest absolute Gasteiger partial charge is 0.412 e. The first-order valence-electron chi connectivity index (χ1n) is 10.2. The third-order valence-corrected chi connectivity index (χ3v) is 5.63. The third-order valence-electron chi connectivity index (χ3n) is 4.63. The first kappa shape index (κ1) is 25.9. The van der Waals surface area contributed by atoms with Crippen molar-refractivity contribution in [2.24, 2.45) is 5.92 Å². The number of carbonyl (C=O) groups excluding carboxylic acids is 2. The zero-order chi connectivity index (χ0) is 23.3. The van der Waals surface area contributed by atoms with Crippen molar-refractivity contribution in [3.05, 3.63) is 54.1 Å². The van der Waals surface area contributed by atoms with Crippen molar-refractivity contribution >= 4 is 42.1 Å². The fraction of sp³-hybridized carbons (Fsp3) is 0.391. The van der Waals surface area contributed by atoms with Crippen molar-refractivity contribution in [2.45, 2.75) is 24.3 Å². The molecule has 2 atom stereocenters. The summed E-state index contributed by atoms with van der Waals surface area (Å²) in [5, 5.41) is 11.9. The highest BCUT2D eigenvalue weighted by Gasteiger charge is 2.27. The lowest BCUT2D eigenvalue weighted by Gasteiger charge is -2.26. The highest BCUT2D eigenvalue weighted by molar-refractivity contribution is 7.98. The number of para-hydroxylation sites is 1. The van der Waals surface area contributed by atoms with Gasteiger partial charge in [-0.15, -0.1) is 11.8 Å². The van der Waals surface area contributed by atoms with Gasteiger partial charge in [0.05, 0.1) is 19.0 Å². The number of ether oxygens (including phenoxy) is 3. The van der Waals surface area contributed by atoms with Gasteiger partial charge in [-0.25, -0.2) is 4.79 Å². The maximum absolute atomic E-state index is 12.7. The fourth-order valence-electron chi connectivity index (χ4n) is 2.98. The van der Waals surface area contributed by atoms with Crippen LogP contribution in [0, 0.1) is 5.92 Å². The molecule has 1 amide bonds. The molecule has 2 N–H and O–H groups in total. The number of benzene rings is 2. The van der Waals surface area contributed by atoms with Crippen LogP contribution in [-0.4, -0.2) is 49.0 Å². The second-order valence-corrected chi connectivity index (χ2v) is 8.13. The van der Waals surface area contributed by atoms with E-state index < -0.39 is 18.2 Å². The minimum absolute atomic E-state index is 0.00385. The van der Waals surface area contributed by atoms with Gasteiger partial charge in [-0.2, -0.15) is 12.6 Å². The topological polar surface area (TPSA) is 94.1 Å². The standard InChI is InChI=1S/C23H29NO6S2/c1-16(11-13-29-21(26)15-31)22(19-5-3-4-6-20(19)28-14-12-25)30-23(27)24-17-7-9-18(32-2)10-8-17/h3-10,16,22,25,31H,11-15H2,1-2H3,(H,24,27)/t16-,22+/m0/s1. The highest BCUT2D eigenvalue weighted by atomic mass is 32.2. The molecule has 32 heavy (non-hydrogen) atoms. The van der Waals surface area contributed by atoms with Gasteiger partial charge in [-0.1, -0.05) is 25.1 Å². The van der Waals surface area contributed by atoms with Crippen molar-refractivity contribution in [1.82, 2.24) is 0 Å². The summed E-state index contributed by atoms with van der Waals surface area (Å²) >= 11 is 5.51. The summed E-state index contributed by atoms with van der Waals surface area (Å²) in [4.78, 5) is 25.2. The lowest BCUT2D eigenvalue weighted by molar-refractivity contribution is -0.141. The number of anilines is 1. The lowest BCUT2D eigenvalue weighted by atomic mass is 9.94. The Balaban J connectivity index is 2.17. The van der Waals surface area contributed by atoms with Gasteiger partial charge in [0.15, 0.2) is 0 Å². The van der Waals surface area contributed by atoms with E-state index in [1.54, 1.807) is 36.0 Å². The maximum Gasteiger partial charge on any atom is 0.412 e. The minimum atomic E-state index is -0.662. The van der Waals surface area contributed by atoms with Crippen LogP contribution in [0.2, 0.25) is 0 Å². The number of hydrogen-bond acceptors (Lipinski definition) is 8. The van der Waals surface area contributed by atoms with E-state index in [1.807, 2.05) is 37.4 Å². The van der Waals surface area contributed by atoms with Gasteiger partial charge in [-0.05, 0) is 43.0 Å². The second kappa shape index (κ2) is 13.9. The SMILES string of the molecule is CSc1ccc(NC(=O)O[C@@H](c2ccccc2OCCO)[C@@H](C)CCOC(=O)CS)cc1. The van der Waals surface area contributed by atoms with Crippen molar-refractivity contribution < 1.29 is 28.9 Å². The van der Waals surface area contributed by atoms with Gasteiger partial charge in [-0.3, -0.25) is 10.1 Å². The Bertz CT molecular complexity index is 862. The summed E-state index contributed by atoms with van der Waals surface area (Å²) in [6, 6.07) is 14.6. The number of nitrogens with one attached hydrogen (secondary N) is 1. The Morgan fingerprint density at radius 3 is 2.50 bits per heavy atom. The van der Waals surface area contributed by atoms with Crippen LogP contribution < -0.4 is 10.1 Å². The number of esters is 1. The average Bonchev–Trinajstić information content (AvgIpc) is 2.81. The molecule has 174 valence electrons. The number of rotatable bonds is 12. The molecule has 0 aliphatic rings. The van der Waals surface area contributed by atoms with Gasteiger partial charge in [0, 0.05) is 22.1 Å². The third kappa shape index (κ3) is 8.29. The average molecular weight is 480 g/mol. The predicted octanol–water partition coefficient (Wildman–Crippen LogP) is 4.57. The van der Waals surface area contributed by atoms with E-state index in [0.29, 0.717) is 23.4 Å². The molecule has 0 aromatic heterocycles. The molecular weight excluding hydrogens is 450 g/mol. The van der Waals surface area contributed by atoms with Gasteiger partial charge in [0.1, 0.15) is 18.5 Å². The molecule has 7 nitrogen and oxygen atoms in total. The van der Waals surface area contributed by atoms with E-state index in [2.05, 4.69) is 17.9 Å². The Hall–Kier alpha value is -2.36. The summed E-state index contributed by atoms with van der Waals surface area (Å²) in [5.41, 5.74) is 1.29. The molecular formula is C23H29NO6S2. The van der Waals surface area contributed by atoms with Gasteiger partial charge in [0.2, 0.25) is 0 Å². The van der Waals surface area contributed by atoms with Crippen LogP contribution in [0.15, 0.2) is 53.4 Å². The molecule has 0 saturated heterocycles. The Morgan fingerprint density at radius 2 is 1.84 bits per heavy atom. The van der Waals surface area contributed by atoms with Crippen LogP contribution in [0.1, 0.15) is 25.0 Å². The molecule has 0 radical (unpaired) electrons. The highest BCUT2D eigenvalue weighted by Crippen LogP contribution is 2.35. The fourth-order valence-corrected chi connectivity index (χ4v) is 3.48. The van der Waals surface area contributed by atoms with Gasteiger partial charge in [0.25, 0.3) is 0 Å². The minimum Gasteiger partial charge on any atom is -0.491 e. The van der Waals surface area contributed by atoms with E-state index >= 15 is 0 Å². The number of thioether (sulfide) groups is 1. The van der Waals surface area contributed by atoms with Crippen molar-refractivity contribution in [1.29, 1.82) is 0 Å². The quantitative estimate of drug-likeness (QED) is 0.233. The Morgan fingerprint density at radius 1 is 1.12 bits per heavy atom. The Labute approximate surface area is 198 Å². The molecule has 2 aromatic rings. The van der Waals surface area contributed by atoms with Gasteiger partial charge < -0.3 is 19.3 Å². The van der Waals surface area contributed by atoms with E-state index in [0.717, 1.165) is 4.90 Å². The Kier molecular flexibility index (Phi) is 11.3.